The van der Waals surface area contributed by atoms with Crippen LogP contribution in [0.3, 0.4) is 0 Å². The first kappa shape index (κ1) is 15.3. The Bertz CT molecular complexity index is 613. The SMILES string of the molecule is CCOCCC(=O)NCc1cc(OC)nc2ccccc12. The molecule has 5 nitrogen and oxygen atoms in total. The van der Waals surface area contributed by atoms with Gasteiger partial charge in [-0.2, -0.15) is 0 Å². The van der Waals surface area contributed by atoms with Gasteiger partial charge in [-0.3, -0.25) is 4.79 Å². The number of ether oxygens (including phenoxy) is 2. The van der Waals surface area contributed by atoms with E-state index < -0.39 is 0 Å². The third-order valence-corrected chi connectivity index (χ3v) is 3.14. The van der Waals surface area contributed by atoms with Crippen molar-refractivity contribution >= 4 is 16.8 Å². The molecular weight excluding hydrogens is 268 g/mol. The standard InChI is InChI=1S/C16H20N2O3/c1-3-21-9-8-15(19)17-11-12-10-16(20-2)18-14-7-5-4-6-13(12)14/h4-7,10H,3,8-9,11H2,1-2H3,(H,17,19). The van der Waals surface area contributed by atoms with Crippen molar-refractivity contribution in [3.8, 4) is 5.88 Å². The number of carbonyl (C=O) groups excluding carboxylic acids is 1. The molecule has 112 valence electrons. The maximum atomic E-state index is 11.7. The van der Waals surface area contributed by atoms with E-state index in [1.54, 1.807) is 7.11 Å². The van der Waals surface area contributed by atoms with Crippen molar-refractivity contribution in [3.05, 3.63) is 35.9 Å². The molecule has 1 aromatic carbocycles. The summed E-state index contributed by atoms with van der Waals surface area (Å²) in [6.07, 6.45) is 0.369. The molecule has 21 heavy (non-hydrogen) atoms. The van der Waals surface area contributed by atoms with Crippen LogP contribution in [0.2, 0.25) is 0 Å². The average Bonchev–Trinajstić information content (AvgIpc) is 2.52. The molecule has 2 aromatic rings. The summed E-state index contributed by atoms with van der Waals surface area (Å²) in [6.45, 7) is 3.43. The van der Waals surface area contributed by atoms with Crippen LogP contribution in [0.1, 0.15) is 18.9 Å². The number of carbonyl (C=O) groups is 1. The Hall–Kier alpha value is -2.14. The molecule has 0 fully saturated rings. The molecule has 0 saturated carbocycles. The number of hydrogen-bond acceptors (Lipinski definition) is 4. The summed E-state index contributed by atoms with van der Waals surface area (Å²) in [5.41, 5.74) is 1.85. The highest BCUT2D eigenvalue weighted by atomic mass is 16.5. The minimum atomic E-state index is -0.0247. The van der Waals surface area contributed by atoms with Crippen LogP contribution >= 0.6 is 0 Å². The fourth-order valence-corrected chi connectivity index (χ4v) is 2.06. The normalized spacial score (nSPS) is 10.6. The van der Waals surface area contributed by atoms with Gasteiger partial charge in [0, 0.05) is 31.0 Å². The minimum Gasteiger partial charge on any atom is -0.481 e. The lowest BCUT2D eigenvalue weighted by molar-refractivity contribution is -0.122. The third kappa shape index (κ3) is 4.16. The van der Waals surface area contributed by atoms with Gasteiger partial charge >= 0.3 is 0 Å². The van der Waals surface area contributed by atoms with Crippen molar-refractivity contribution in [2.75, 3.05) is 20.3 Å². The van der Waals surface area contributed by atoms with Crippen LogP contribution in [0.5, 0.6) is 5.88 Å². The van der Waals surface area contributed by atoms with Gasteiger partial charge < -0.3 is 14.8 Å². The average molecular weight is 288 g/mol. The van der Waals surface area contributed by atoms with Crippen LogP contribution in [0, 0.1) is 0 Å². The molecule has 1 aromatic heterocycles. The summed E-state index contributed by atoms with van der Waals surface area (Å²) in [5, 5.41) is 3.92. The number of pyridine rings is 1. The zero-order valence-electron chi connectivity index (χ0n) is 12.4. The number of fused-ring (bicyclic) bond motifs is 1. The van der Waals surface area contributed by atoms with Gasteiger partial charge in [0.2, 0.25) is 11.8 Å². The zero-order valence-corrected chi connectivity index (χ0v) is 12.4. The Morgan fingerprint density at radius 1 is 1.33 bits per heavy atom. The molecule has 0 aliphatic rings. The minimum absolute atomic E-state index is 0.0247. The highest BCUT2D eigenvalue weighted by molar-refractivity contribution is 5.83. The number of nitrogens with zero attached hydrogens (tertiary/aromatic N) is 1. The maximum absolute atomic E-state index is 11.7. The molecule has 0 bridgehead atoms. The number of benzene rings is 1. The molecule has 2 rings (SSSR count). The van der Waals surface area contributed by atoms with Crippen LogP contribution in [0.25, 0.3) is 10.9 Å². The van der Waals surface area contributed by atoms with Crippen molar-refractivity contribution in [2.24, 2.45) is 0 Å². The molecule has 1 N–H and O–H groups in total. The van der Waals surface area contributed by atoms with Crippen LogP contribution in [-0.4, -0.2) is 31.2 Å². The second kappa shape index (κ2) is 7.59. The van der Waals surface area contributed by atoms with Gasteiger partial charge in [0.25, 0.3) is 0 Å². The van der Waals surface area contributed by atoms with Crippen molar-refractivity contribution in [2.45, 2.75) is 19.9 Å². The molecule has 0 radical (unpaired) electrons. The van der Waals surface area contributed by atoms with E-state index in [1.807, 2.05) is 37.3 Å². The lowest BCUT2D eigenvalue weighted by Crippen LogP contribution is -2.24. The van der Waals surface area contributed by atoms with Crippen molar-refractivity contribution in [3.63, 3.8) is 0 Å². The fraction of sp³-hybridized carbons (Fsp3) is 0.375. The summed E-state index contributed by atoms with van der Waals surface area (Å²) in [7, 11) is 1.58. The van der Waals surface area contributed by atoms with Gasteiger partial charge in [0.05, 0.1) is 19.2 Å². The first-order valence-corrected chi connectivity index (χ1v) is 7.01. The Labute approximate surface area is 124 Å². The van der Waals surface area contributed by atoms with Crippen LogP contribution in [0.15, 0.2) is 30.3 Å². The van der Waals surface area contributed by atoms with E-state index in [0.29, 0.717) is 32.1 Å². The van der Waals surface area contributed by atoms with Gasteiger partial charge in [-0.1, -0.05) is 18.2 Å². The first-order valence-electron chi connectivity index (χ1n) is 7.01. The molecule has 0 atom stereocenters. The molecule has 0 spiro atoms. The number of para-hydroxylation sites is 1. The quantitative estimate of drug-likeness (QED) is 0.794. The van der Waals surface area contributed by atoms with Gasteiger partial charge in [0.15, 0.2) is 0 Å². The summed E-state index contributed by atoms with van der Waals surface area (Å²) < 4.78 is 10.4. The van der Waals surface area contributed by atoms with Gasteiger partial charge in [-0.25, -0.2) is 4.98 Å². The highest BCUT2D eigenvalue weighted by Gasteiger charge is 2.07. The summed E-state index contributed by atoms with van der Waals surface area (Å²) >= 11 is 0. The number of rotatable bonds is 7. The van der Waals surface area contributed by atoms with Gasteiger partial charge in [-0.05, 0) is 18.6 Å². The van der Waals surface area contributed by atoms with E-state index >= 15 is 0 Å². The van der Waals surface area contributed by atoms with Crippen LogP contribution in [0.4, 0.5) is 0 Å². The maximum Gasteiger partial charge on any atom is 0.222 e. The number of methoxy groups -OCH3 is 1. The van der Waals surface area contributed by atoms with E-state index in [-0.39, 0.29) is 5.91 Å². The highest BCUT2D eigenvalue weighted by Crippen LogP contribution is 2.21. The summed E-state index contributed by atoms with van der Waals surface area (Å²) in [6, 6.07) is 9.66. The van der Waals surface area contributed by atoms with E-state index in [1.165, 1.54) is 0 Å². The molecule has 0 saturated heterocycles. The molecule has 0 aliphatic carbocycles. The molecular formula is C16H20N2O3. The number of aromatic nitrogens is 1. The van der Waals surface area contributed by atoms with Crippen molar-refractivity contribution in [1.82, 2.24) is 10.3 Å². The van der Waals surface area contributed by atoms with Gasteiger partial charge in [0.1, 0.15) is 0 Å². The van der Waals surface area contributed by atoms with Crippen molar-refractivity contribution < 1.29 is 14.3 Å². The fourth-order valence-electron chi connectivity index (χ4n) is 2.06. The predicted octanol–water partition coefficient (Wildman–Crippen LogP) is 2.29. The summed E-state index contributed by atoms with van der Waals surface area (Å²) in [4.78, 5) is 16.1. The lowest BCUT2D eigenvalue weighted by Gasteiger charge is -2.10. The summed E-state index contributed by atoms with van der Waals surface area (Å²) in [5.74, 6) is 0.524. The topological polar surface area (TPSA) is 60.5 Å². The predicted molar refractivity (Wildman–Crippen MR) is 81.3 cm³/mol. The van der Waals surface area contributed by atoms with E-state index in [4.69, 9.17) is 9.47 Å². The molecule has 0 unspecified atom stereocenters. The zero-order chi connectivity index (χ0) is 15.1. The molecule has 0 aliphatic heterocycles. The van der Waals surface area contributed by atoms with E-state index in [2.05, 4.69) is 10.3 Å². The Morgan fingerprint density at radius 2 is 2.14 bits per heavy atom. The molecule has 1 amide bonds. The first-order chi connectivity index (χ1) is 10.2. The van der Waals surface area contributed by atoms with Crippen molar-refractivity contribution in [1.29, 1.82) is 0 Å². The Kier molecular flexibility index (Phi) is 5.51. The lowest BCUT2D eigenvalue weighted by atomic mass is 10.1. The third-order valence-electron chi connectivity index (χ3n) is 3.14. The van der Waals surface area contributed by atoms with Crippen LogP contribution < -0.4 is 10.1 Å². The second-order valence-electron chi connectivity index (χ2n) is 4.56. The van der Waals surface area contributed by atoms with Crippen LogP contribution in [-0.2, 0) is 16.1 Å². The monoisotopic (exact) mass is 288 g/mol. The second-order valence-corrected chi connectivity index (χ2v) is 4.56. The molecule has 5 heteroatoms. The smallest absolute Gasteiger partial charge is 0.222 e. The van der Waals surface area contributed by atoms with Gasteiger partial charge in [-0.15, -0.1) is 0 Å². The van der Waals surface area contributed by atoms with E-state index in [9.17, 15) is 4.79 Å². The molecule has 1 heterocycles. The van der Waals surface area contributed by atoms with E-state index in [0.717, 1.165) is 16.5 Å². The largest absolute Gasteiger partial charge is 0.481 e. The number of nitrogens with one attached hydrogen (secondary N) is 1. The number of amides is 1. The Morgan fingerprint density at radius 3 is 2.90 bits per heavy atom. The Balaban J connectivity index is 2.08. The number of hydrogen-bond donors (Lipinski definition) is 1.